The molecule has 2 N–H and O–H groups in total. The zero-order chi connectivity index (χ0) is 15.1. The summed E-state index contributed by atoms with van der Waals surface area (Å²) in [5, 5.41) is 13.0. The smallest absolute Gasteiger partial charge is 0.324 e. The number of rotatable bonds is 9. The van der Waals surface area contributed by atoms with E-state index in [0.29, 0.717) is 12.5 Å². The Morgan fingerprint density at radius 1 is 1.48 bits per heavy atom. The van der Waals surface area contributed by atoms with E-state index in [1.54, 1.807) is 0 Å². The summed E-state index contributed by atoms with van der Waals surface area (Å²) in [6.45, 7) is 5.89. The van der Waals surface area contributed by atoms with Crippen LogP contribution in [0.4, 0.5) is 0 Å². The van der Waals surface area contributed by atoms with Gasteiger partial charge >= 0.3 is 5.97 Å². The highest BCUT2D eigenvalue weighted by Crippen LogP contribution is 2.38. The van der Waals surface area contributed by atoms with Crippen LogP contribution in [0, 0.1) is 11.8 Å². The average Bonchev–Trinajstić information content (AvgIpc) is 3.11. The lowest BCUT2D eigenvalue weighted by Gasteiger charge is -2.32. The minimum Gasteiger partial charge on any atom is -0.480 e. The molecule has 0 radical (unpaired) electrons. The lowest BCUT2D eigenvalue weighted by atomic mass is 9.84. The molecule has 0 amide bonds. The predicted molar refractivity (Wildman–Crippen MR) is 80.4 cm³/mol. The Morgan fingerprint density at radius 2 is 2.33 bits per heavy atom. The number of carboxylic acid groups (broad SMARTS) is 1. The molecule has 3 atom stereocenters. The monoisotopic (exact) mass is 299 g/mol. The van der Waals surface area contributed by atoms with Crippen molar-refractivity contribution in [2.75, 3.05) is 33.0 Å². The summed E-state index contributed by atoms with van der Waals surface area (Å²) in [7, 11) is 0. The highest BCUT2D eigenvalue weighted by Gasteiger charge is 2.48. The quantitative estimate of drug-likeness (QED) is 0.638. The van der Waals surface area contributed by atoms with E-state index in [1.807, 2.05) is 0 Å². The van der Waals surface area contributed by atoms with Gasteiger partial charge in [0.2, 0.25) is 0 Å². The molecule has 2 fully saturated rings. The molecule has 0 bridgehead atoms. The highest BCUT2D eigenvalue weighted by molar-refractivity contribution is 5.79. The van der Waals surface area contributed by atoms with Crippen LogP contribution in [-0.4, -0.2) is 49.6 Å². The standard InChI is InChI=1S/C16H29NO4/c1-2-8-17-16(15(18)19)7-3-4-14(16)6-10-21-12-13-5-9-20-11-13/h13-14,17H,2-12H2,1H3,(H,18,19). The van der Waals surface area contributed by atoms with Gasteiger partial charge in [0, 0.05) is 19.1 Å². The minimum absolute atomic E-state index is 0.182. The van der Waals surface area contributed by atoms with E-state index in [2.05, 4.69) is 12.2 Å². The summed E-state index contributed by atoms with van der Waals surface area (Å²) in [4.78, 5) is 11.8. The molecule has 2 aliphatic rings. The van der Waals surface area contributed by atoms with Crippen LogP contribution < -0.4 is 5.32 Å². The molecule has 3 unspecified atom stereocenters. The van der Waals surface area contributed by atoms with Crippen LogP contribution in [0.15, 0.2) is 0 Å². The van der Waals surface area contributed by atoms with Crippen LogP contribution in [-0.2, 0) is 14.3 Å². The molecule has 5 nitrogen and oxygen atoms in total. The number of ether oxygens (including phenoxy) is 2. The lowest BCUT2D eigenvalue weighted by Crippen LogP contribution is -2.55. The van der Waals surface area contributed by atoms with E-state index in [-0.39, 0.29) is 5.92 Å². The van der Waals surface area contributed by atoms with Gasteiger partial charge in [-0.3, -0.25) is 4.79 Å². The fourth-order valence-corrected chi connectivity index (χ4v) is 3.60. The maximum Gasteiger partial charge on any atom is 0.324 e. The first-order chi connectivity index (χ1) is 10.2. The van der Waals surface area contributed by atoms with Crippen molar-refractivity contribution >= 4 is 5.97 Å². The van der Waals surface area contributed by atoms with E-state index in [1.165, 1.54) is 0 Å². The normalized spacial score (nSPS) is 32.6. The Balaban J connectivity index is 1.77. The van der Waals surface area contributed by atoms with E-state index in [0.717, 1.165) is 64.9 Å². The summed E-state index contributed by atoms with van der Waals surface area (Å²) in [6.07, 6.45) is 5.59. The van der Waals surface area contributed by atoms with Crippen molar-refractivity contribution in [3.63, 3.8) is 0 Å². The van der Waals surface area contributed by atoms with Crippen LogP contribution in [0.5, 0.6) is 0 Å². The number of nitrogens with one attached hydrogen (secondary N) is 1. The third-order valence-electron chi connectivity index (χ3n) is 4.88. The third-order valence-corrected chi connectivity index (χ3v) is 4.88. The van der Waals surface area contributed by atoms with Gasteiger partial charge in [0.1, 0.15) is 5.54 Å². The first kappa shape index (κ1) is 16.7. The molecule has 1 aliphatic heterocycles. The van der Waals surface area contributed by atoms with E-state index >= 15 is 0 Å². The maximum atomic E-state index is 11.8. The summed E-state index contributed by atoms with van der Waals surface area (Å²) >= 11 is 0. The average molecular weight is 299 g/mol. The third kappa shape index (κ3) is 4.18. The SMILES string of the molecule is CCCNC1(C(=O)O)CCCC1CCOCC1CCOC1. The van der Waals surface area contributed by atoms with Crippen LogP contribution in [0.3, 0.4) is 0 Å². The zero-order valence-electron chi connectivity index (χ0n) is 13.1. The molecule has 0 spiro atoms. The number of carboxylic acids is 1. The van der Waals surface area contributed by atoms with Gasteiger partial charge in [0.15, 0.2) is 0 Å². The Bertz CT molecular complexity index is 330. The summed E-state index contributed by atoms with van der Waals surface area (Å²) in [5.41, 5.74) is -0.726. The maximum absolute atomic E-state index is 11.8. The molecule has 122 valence electrons. The van der Waals surface area contributed by atoms with Crippen LogP contribution >= 0.6 is 0 Å². The van der Waals surface area contributed by atoms with Crippen molar-refractivity contribution in [2.24, 2.45) is 11.8 Å². The molecule has 1 saturated carbocycles. The molecule has 1 saturated heterocycles. The molecular weight excluding hydrogens is 270 g/mol. The molecule has 1 aliphatic carbocycles. The predicted octanol–water partition coefficient (Wildman–Crippen LogP) is 2.05. The molecular formula is C16H29NO4. The van der Waals surface area contributed by atoms with Gasteiger partial charge in [-0.2, -0.15) is 0 Å². The fourth-order valence-electron chi connectivity index (χ4n) is 3.60. The number of aliphatic carboxylic acids is 1. The van der Waals surface area contributed by atoms with Crippen LogP contribution in [0.1, 0.15) is 45.4 Å². The van der Waals surface area contributed by atoms with E-state index in [4.69, 9.17) is 9.47 Å². The van der Waals surface area contributed by atoms with Gasteiger partial charge in [0.05, 0.1) is 13.2 Å². The summed E-state index contributed by atoms with van der Waals surface area (Å²) < 4.78 is 11.1. The van der Waals surface area contributed by atoms with Gasteiger partial charge in [0.25, 0.3) is 0 Å². The van der Waals surface area contributed by atoms with Gasteiger partial charge in [-0.05, 0) is 44.6 Å². The van der Waals surface area contributed by atoms with Crippen molar-refractivity contribution in [3.05, 3.63) is 0 Å². The summed E-state index contributed by atoms with van der Waals surface area (Å²) in [5.74, 6) is 0.0139. The Kier molecular flexibility index (Phi) is 6.45. The first-order valence-electron chi connectivity index (χ1n) is 8.33. The molecule has 1 heterocycles. The number of carbonyl (C=O) groups is 1. The molecule has 0 aromatic heterocycles. The van der Waals surface area contributed by atoms with Crippen molar-refractivity contribution in [3.8, 4) is 0 Å². The topological polar surface area (TPSA) is 67.8 Å². The molecule has 0 aromatic rings. The second-order valence-corrected chi connectivity index (χ2v) is 6.39. The van der Waals surface area contributed by atoms with Gasteiger partial charge < -0.3 is 19.9 Å². The Hall–Kier alpha value is -0.650. The van der Waals surface area contributed by atoms with Crippen molar-refractivity contribution in [1.82, 2.24) is 5.32 Å². The van der Waals surface area contributed by atoms with Gasteiger partial charge in [-0.25, -0.2) is 0 Å². The lowest BCUT2D eigenvalue weighted by molar-refractivity contribution is -0.147. The molecule has 2 rings (SSSR count). The van der Waals surface area contributed by atoms with E-state index < -0.39 is 11.5 Å². The zero-order valence-corrected chi connectivity index (χ0v) is 13.1. The second kappa shape index (κ2) is 8.11. The molecule has 0 aromatic carbocycles. The van der Waals surface area contributed by atoms with Gasteiger partial charge in [-0.15, -0.1) is 0 Å². The second-order valence-electron chi connectivity index (χ2n) is 6.39. The number of hydrogen-bond donors (Lipinski definition) is 2. The summed E-state index contributed by atoms with van der Waals surface area (Å²) in [6, 6.07) is 0. The van der Waals surface area contributed by atoms with Crippen molar-refractivity contribution in [1.29, 1.82) is 0 Å². The Morgan fingerprint density at radius 3 is 3.00 bits per heavy atom. The Labute approximate surface area is 127 Å². The van der Waals surface area contributed by atoms with Crippen LogP contribution in [0.25, 0.3) is 0 Å². The van der Waals surface area contributed by atoms with Gasteiger partial charge in [-0.1, -0.05) is 13.3 Å². The highest BCUT2D eigenvalue weighted by atomic mass is 16.5. The fraction of sp³-hybridized carbons (Fsp3) is 0.938. The van der Waals surface area contributed by atoms with Crippen LogP contribution in [0.2, 0.25) is 0 Å². The van der Waals surface area contributed by atoms with Crippen molar-refractivity contribution < 1.29 is 19.4 Å². The number of hydrogen-bond acceptors (Lipinski definition) is 4. The minimum atomic E-state index is -0.726. The molecule has 5 heteroatoms. The van der Waals surface area contributed by atoms with Crippen molar-refractivity contribution in [2.45, 2.75) is 51.0 Å². The largest absolute Gasteiger partial charge is 0.480 e. The molecule has 21 heavy (non-hydrogen) atoms. The first-order valence-corrected chi connectivity index (χ1v) is 8.33. The van der Waals surface area contributed by atoms with E-state index in [9.17, 15) is 9.90 Å².